The van der Waals surface area contributed by atoms with Gasteiger partial charge in [0.2, 0.25) is 0 Å². The maximum atomic E-state index is 2.81. The van der Waals surface area contributed by atoms with Crippen LogP contribution in [0.2, 0.25) is 13.1 Å². The summed E-state index contributed by atoms with van der Waals surface area (Å²) in [6.07, 6.45) is 16.9. The first-order valence-electron chi connectivity index (χ1n) is 16.6. The second-order valence-corrected chi connectivity index (χ2v) is 33.9. The van der Waals surface area contributed by atoms with Crippen molar-refractivity contribution >= 4 is 49.5 Å². The number of benzene rings is 2. The van der Waals surface area contributed by atoms with Crippen molar-refractivity contribution in [2.24, 2.45) is 34.5 Å². The topological polar surface area (TPSA) is 0 Å². The standard InChI is InChI=1S/2C18H23.C2H7Si.2ClH.Zr/c2*1-13-7-9-16(10-8-13)18(3)11-15-6-4-5-14(2)17(15)12-18;1-3-2;;;/h2*4-6,11,13,16H,7-10H2,1-3H3;3H,1-2H3;2*1H;. The van der Waals surface area contributed by atoms with Crippen LogP contribution in [0, 0.1) is 48.3 Å². The minimum Gasteiger partial charge on any atom is -0.147 e. The zero-order chi connectivity index (χ0) is 28.4. The van der Waals surface area contributed by atoms with Gasteiger partial charge in [0.05, 0.1) is 0 Å². The van der Waals surface area contributed by atoms with Crippen molar-refractivity contribution in [1.82, 2.24) is 0 Å². The minimum atomic E-state index is -2.31. The summed E-state index contributed by atoms with van der Waals surface area (Å²) < 4.78 is 4.05. The SMILES string of the molecule is Cc1cccc2c1=[C]([Zr]([C]1=c3c(C)cccc3=CC1(C)C1CCC(C)CC1)[SiH](C)C)C(C)(C1CCC(C)CC1)C=2.Cl.Cl. The van der Waals surface area contributed by atoms with Crippen LogP contribution in [-0.2, 0) is 20.9 Å². The summed E-state index contributed by atoms with van der Waals surface area (Å²) in [5, 5.41) is 6.58. The Balaban J connectivity index is 0.00000202. The summed E-state index contributed by atoms with van der Waals surface area (Å²) in [5.41, 5.74) is 3.57. The Morgan fingerprint density at radius 1 is 0.619 bits per heavy atom. The number of halogens is 2. The Morgan fingerprint density at radius 3 is 1.31 bits per heavy atom. The summed E-state index contributed by atoms with van der Waals surface area (Å²) in [4.78, 5) is 0. The second-order valence-electron chi connectivity index (χ2n) is 15.2. The molecule has 0 aromatic heterocycles. The molecule has 0 saturated heterocycles. The van der Waals surface area contributed by atoms with Crippen LogP contribution in [0.3, 0.4) is 0 Å². The molecule has 0 bridgehead atoms. The van der Waals surface area contributed by atoms with Crippen molar-refractivity contribution in [3.63, 3.8) is 0 Å². The molecule has 0 spiro atoms. The van der Waals surface area contributed by atoms with Gasteiger partial charge in [0.25, 0.3) is 0 Å². The quantitative estimate of drug-likeness (QED) is 0.278. The predicted octanol–water partition coefficient (Wildman–Crippen LogP) is 7.92. The number of hydrogen-bond acceptors (Lipinski definition) is 0. The van der Waals surface area contributed by atoms with E-state index in [1.165, 1.54) is 51.4 Å². The van der Waals surface area contributed by atoms with E-state index >= 15 is 0 Å². The third-order valence-electron chi connectivity index (χ3n) is 11.9. The van der Waals surface area contributed by atoms with E-state index in [-0.39, 0.29) is 35.6 Å². The molecule has 6 rings (SSSR count). The van der Waals surface area contributed by atoms with Crippen molar-refractivity contribution < 1.29 is 20.9 Å². The third kappa shape index (κ3) is 5.72. The summed E-state index contributed by atoms with van der Waals surface area (Å²) in [6, 6.07) is 14.4. The molecule has 4 heteroatoms. The van der Waals surface area contributed by atoms with E-state index < -0.39 is 26.8 Å². The first-order valence-corrected chi connectivity index (χ1v) is 26.2. The Hall–Kier alpha value is -0.400. The van der Waals surface area contributed by atoms with Gasteiger partial charge in [-0.25, -0.2) is 0 Å². The number of fused-ring (bicyclic) bond motifs is 2. The molecule has 2 aromatic carbocycles. The van der Waals surface area contributed by atoms with Crippen LogP contribution in [-0.4, -0.2) is 5.92 Å². The molecule has 4 aliphatic carbocycles. The average molecular weight is 702 g/mol. The number of rotatable bonds is 5. The fourth-order valence-electron chi connectivity index (χ4n) is 9.55. The van der Waals surface area contributed by atoms with Gasteiger partial charge in [-0.3, -0.25) is 0 Å². The van der Waals surface area contributed by atoms with E-state index in [4.69, 9.17) is 0 Å². The van der Waals surface area contributed by atoms with Gasteiger partial charge in [-0.2, -0.15) is 0 Å². The Kier molecular flexibility index (Phi) is 10.8. The monoisotopic (exact) mass is 699 g/mol. The summed E-state index contributed by atoms with van der Waals surface area (Å²) >= 11 is -2.31. The molecule has 2 unspecified atom stereocenters. The molecule has 2 aromatic rings. The Labute approximate surface area is 277 Å². The first-order chi connectivity index (χ1) is 19.0. The first kappa shape index (κ1) is 34.5. The zero-order valence-corrected chi connectivity index (χ0v) is 32.7. The summed E-state index contributed by atoms with van der Waals surface area (Å²) in [6.45, 7) is 20.8. The molecule has 0 aliphatic heterocycles. The van der Waals surface area contributed by atoms with Crippen molar-refractivity contribution in [1.29, 1.82) is 0 Å². The van der Waals surface area contributed by atoms with Crippen molar-refractivity contribution in [3.05, 3.63) is 68.4 Å². The van der Waals surface area contributed by atoms with Gasteiger partial charge in [-0.15, -0.1) is 24.8 Å². The second kappa shape index (κ2) is 13.1. The van der Waals surface area contributed by atoms with E-state index in [0.717, 1.165) is 23.7 Å². The van der Waals surface area contributed by atoms with Crippen molar-refractivity contribution in [3.8, 4) is 0 Å². The Morgan fingerprint density at radius 2 is 0.976 bits per heavy atom. The maximum Gasteiger partial charge on any atom is -0.147 e. The molecular weight excluding hydrogens is 647 g/mol. The van der Waals surface area contributed by atoms with E-state index in [1.54, 1.807) is 32.0 Å². The van der Waals surface area contributed by atoms with Crippen molar-refractivity contribution in [2.45, 2.75) is 106 Å². The van der Waals surface area contributed by atoms with Crippen LogP contribution in [0.1, 0.15) is 90.2 Å². The van der Waals surface area contributed by atoms with Gasteiger partial charge in [0, 0.05) is 0 Å². The molecule has 0 heterocycles. The van der Waals surface area contributed by atoms with Gasteiger partial charge in [0.1, 0.15) is 0 Å². The van der Waals surface area contributed by atoms with Crippen LogP contribution in [0.5, 0.6) is 0 Å². The molecule has 2 atom stereocenters. The molecule has 0 N–H and O–H groups in total. The summed E-state index contributed by atoms with van der Waals surface area (Å²) in [7, 11) is 0. The molecule has 0 amide bonds. The fourth-order valence-corrected chi connectivity index (χ4v) is 32.4. The fraction of sp³-hybridized carbons (Fsp3) is 0.579. The predicted molar refractivity (Wildman–Crippen MR) is 188 cm³/mol. The van der Waals surface area contributed by atoms with Gasteiger partial charge in [0.15, 0.2) is 0 Å². The maximum absolute atomic E-state index is 2.81. The molecular formula is C38H55Cl2SiZr. The van der Waals surface area contributed by atoms with E-state index in [2.05, 4.69) is 103 Å². The van der Waals surface area contributed by atoms with E-state index in [1.807, 2.05) is 6.56 Å². The minimum absolute atomic E-state index is 0. The van der Waals surface area contributed by atoms with Crippen molar-refractivity contribution in [2.75, 3.05) is 0 Å². The van der Waals surface area contributed by atoms with E-state index in [0.29, 0.717) is 0 Å². The zero-order valence-electron chi connectivity index (χ0n) is 27.5. The van der Waals surface area contributed by atoms with E-state index in [9.17, 15) is 0 Å². The molecule has 2 fully saturated rings. The summed E-state index contributed by atoms with van der Waals surface area (Å²) in [5.74, 6) is 2.44. The largest absolute Gasteiger partial charge is 0.147 e. The van der Waals surface area contributed by atoms with Gasteiger partial charge in [-0.1, -0.05) is 0 Å². The molecule has 42 heavy (non-hydrogen) atoms. The van der Waals surface area contributed by atoms with Crippen LogP contribution < -0.4 is 20.9 Å². The van der Waals surface area contributed by atoms with Crippen LogP contribution in [0.15, 0.2) is 36.4 Å². The molecule has 4 aliphatic rings. The van der Waals surface area contributed by atoms with Crippen LogP contribution in [0.25, 0.3) is 18.7 Å². The number of aryl methyl sites for hydroxylation is 2. The Bertz CT molecular complexity index is 1430. The smallest absolute Gasteiger partial charge is 0.147 e. The molecule has 0 radical (unpaired) electrons. The molecule has 2 saturated carbocycles. The molecule has 229 valence electrons. The van der Waals surface area contributed by atoms with Gasteiger partial charge < -0.3 is 0 Å². The third-order valence-corrected chi connectivity index (χ3v) is 31.6. The average Bonchev–Trinajstić information content (AvgIpc) is 3.39. The van der Waals surface area contributed by atoms with Crippen LogP contribution in [0.4, 0.5) is 0 Å². The number of hydrogen-bond donors (Lipinski definition) is 0. The van der Waals surface area contributed by atoms with Crippen LogP contribution >= 0.6 is 24.8 Å². The van der Waals surface area contributed by atoms with Gasteiger partial charge in [-0.05, 0) is 0 Å². The van der Waals surface area contributed by atoms with Gasteiger partial charge >= 0.3 is 254 Å². The molecule has 0 nitrogen and oxygen atoms in total. The normalized spacial score (nSPS) is 31.8.